The van der Waals surface area contributed by atoms with Crippen LogP contribution in [0, 0.1) is 5.92 Å². The number of urea groups is 1. The normalized spacial score (nSPS) is 15.2. The Kier molecular flexibility index (Phi) is 11.7. The van der Waals surface area contributed by atoms with Crippen LogP contribution in [0.25, 0.3) is 0 Å². The van der Waals surface area contributed by atoms with Crippen molar-refractivity contribution in [3.63, 3.8) is 0 Å². The van der Waals surface area contributed by atoms with E-state index in [4.69, 9.17) is 0 Å². The number of carbonyl (C=O) groups excluding carboxylic acids is 2. The summed E-state index contributed by atoms with van der Waals surface area (Å²) in [5, 5.41) is 8.61. The first-order valence-electron chi connectivity index (χ1n) is 14.1. The summed E-state index contributed by atoms with van der Waals surface area (Å²) in [5.41, 5.74) is 1.85. The predicted octanol–water partition coefficient (Wildman–Crippen LogP) is 6.11. The summed E-state index contributed by atoms with van der Waals surface area (Å²) in [6.45, 7) is 6.81. The maximum absolute atomic E-state index is 12.9. The molecule has 4 N–H and O–H groups in total. The van der Waals surface area contributed by atoms with Gasteiger partial charge < -0.3 is 16.0 Å². The van der Waals surface area contributed by atoms with Gasteiger partial charge in [0.15, 0.2) is 0 Å². The summed E-state index contributed by atoms with van der Waals surface area (Å²) in [6, 6.07) is 12.2. The van der Waals surface area contributed by atoms with Gasteiger partial charge in [0.2, 0.25) is 5.91 Å². The lowest BCUT2D eigenvalue weighted by atomic mass is 9.84. The molecule has 10 heteroatoms. The van der Waals surface area contributed by atoms with E-state index >= 15 is 0 Å². The van der Waals surface area contributed by atoms with E-state index in [-0.39, 0.29) is 16.2 Å². The van der Waals surface area contributed by atoms with E-state index in [1.807, 2.05) is 18.4 Å². The lowest BCUT2D eigenvalue weighted by molar-refractivity contribution is -0.123. The van der Waals surface area contributed by atoms with Crippen molar-refractivity contribution in [2.75, 3.05) is 28.6 Å². The second kappa shape index (κ2) is 14.8. The molecule has 1 aliphatic carbocycles. The van der Waals surface area contributed by atoms with E-state index in [9.17, 15) is 18.0 Å². The summed E-state index contributed by atoms with van der Waals surface area (Å²) in [4.78, 5) is 25.9. The van der Waals surface area contributed by atoms with E-state index in [0.717, 1.165) is 43.4 Å². The van der Waals surface area contributed by atoms with Crippen LogP contribution < -0.4 is 20.7 Å². The van der Waals surface area contributed by atoms with Crippen LogP contribution in [0.2, 0.25) is 0 Å². The molecule has 40 heavy (non-hydrogen) atoms. The fraction of sp³-hybridized carbons (Fsp3) is 0.533. The van der Waals surface area contributed by atoms with Crippen molar-refractivity contribution in [2.45, 2.75) is 82.1 Å². The smallest absolute Gasteiger partial charge is 0.319 e. The van der Waals surface area contributed by atoms with Gasteiger partial charge in [-0.15, -0.1) is 0 Å². The Morgan fingerprint density at radius 2 is 1.57 bits per heavy atom. The number of benzene rings is 2. The van der Waals surface area contributed by atoms with Crippen LogP contribution in [0.15, 0.2) is 53.4 Å². The van der Waals surface area contributed by atoms with Crippen LogP contribution in [-0.4, -0.2) is 45.0 Å². The standard InChI is InChI=1S/C30H44N4O4S2/c1-30(2,3)23-11-17-26(18-12-23)40(37,38)34-25-15-13-24(14-16-25)32-29(36)33-27(21-22-9-6-5-7-10-22)28(35)31-19-8-20-39-4/h11-18,22,27,34H,5-10,19-21H2,1-4H3,(H,31,35)(H2,32,33,36)/t27-/m1/s1. The molecule has 8 nitrogen and oxygen atoms in total. The number of anilines is 2. The number of nitrogens with one attached hydrogen (secondary N) is 4. The minimum atomic E-state index is -3.76. The number of hydrogen-bond acceptors (Lipinski definition) is 5. The quantitative estimate of drug-likeness (QED) is 0.223. The van der Waals surface area contributed by atoms with Gasteiger partial charge in [-0.1, -0.05) is 65.0 Å². The zero-order chi connectivity index (χ0) is 29.2. The van der Waals surface area contributed by atoms with Crippen LogP contribution >= 0.6 is 11.8 Å². The van der Waals surface area contributed by atoms with Gasteiger partial charge in [0.05, 0.1) is 4.90 Å². The van der Waals surface area contributed by atoms with E-state index in [0.29, 0.717) is 30.3 Å². The van der Waals surface area contributed by atoms with Gasteiger partial charge in [-0.3, -0.25) is 9.52 Å². The summed E-state index contributed by atoms with van der Waals surface area (Å²) in [7, 11) is -3.76. The molecule has 0 heterocycles. The predicted molar refractivity (Wildman–Crippen MR) is 166 cm³/mol. The number of thioether (sulfide) groups is 1. The Bertz CT molecular complexity index is 1200. The van der Waals surface area contributed by atoms with Crippen molar-refractivity contribution in [1.29, 1.82) is 0 Å². The number of sulfonamides is 1. The molecule has 0 aliphatic heterocycles. The van der Waals surface area contributed by atoms with Gasteiger partial charge in [0, 0.05) is 17.9 Å². The second-order valence-corrected chi connectivity index (χ2v) is 14.2. The summed E-state index contributed by atoms with van der Waals surface area (Å²) >= 11 is 1.74. The molecular formula is C30H44N4O4S2. The monoisotopic (exact) mass is 588 g/mol. The molecule has 220 valence electrons. The maximum Gasteiger partial charge on any atom is 0.319 e. The van der Waals surface area contributed by atoms with Gasteiger partial charge in [0.1, 0.15) is 6.04 Å². The minimum absolute atomic E-state index is 0.0710. The molecule has 0 saturated heterocycles. The molecular weight excluding hydrogens is 544 g/mol. The highest BCUT2D eigenvalue weighted by molar-refractivity contribution is 7.98. The lowest BCUT2D eigenvalue weighted by Gasteiger charge is -2.26. The Balaban J connectivity index is 1.58. The van der Waals surface area contributed by atoms with Gasteiger partial charge >= 0.3 is 6.03 Å². The van der Waals surface area contributed by atoms with Crippen LogP contribution in [0.1, 0.15) is 71.3 Å². The first-order valence-corrected chi connectivity index (χ1v) is 16.9. The van der Waals surface area contributed by atoms with Gasteiger partial charge in [-0.25, -0.2) is 13.2 Å². The van der Waals surface area contributed by atoms with E-state index in [1.54, 1.807) is 48.2 Å². The number of amides is 3. The van der Waals surface area contributed by atoms with Crippen molar-refractivity contribution < 1.29 is 18.0 Å². The van der Waals surface area contributed by atoms with E-state index in [1.165, 1.54) is 6.42 Å². The highest BCUT2D eigenvalue weighted by Gasteiger charge is 2.26. The average Bonchev–Trinajstić information content (AvgIpc) is 2.92. The van der Waals surface area contributed by atoms with Crippen molar-refractivity contribution in [3.8, 4) is 0 Å². The van der Waals surface area contributed by atoms with Crippen molar-refractivity contribution >= 4 is 45.1 Å². The molecule has 0 spiro atoms. The minimum Gasteiger partial charge on any atom is -0.354 e. The van der Waals surface area contributed by atoms with E-state index in [2.05, 4.69) is 41.4 Å². The Morgan fingerprint density at radius 1 is 0.950 bits per heavy atom. The first kappa shape index (κ1) is 31.8. The topological polar surface area (TPSA) is 116 Å². The van der Waals surface area contributed by atoms with Gasteiger partial charge in [-0.2, -0.15) is 11.8 Å². The number of hydrogen-bond donors (Lipinski definition) is 4. The highest BCUT2D eigenvalue weighted by Crippen LogP contribution is 2.28. The van der Waals surface area contributed by atoms with Gasteiger partial charge in [0.25, 0.3) is 10.0 Å². The van der Waals surface area contributed by atoms with Gasteiger partial charge in [-0.05, 0) is 78.1 Å². The van der Waals surface area contributed by atoms with Crippen molar-refractivity contribution in [2.24, 2.45) is 5.92 Å². The highest BCUT2D eigenvalue weighted by atomic mass is 32.2. The fourth-order valence-corrected chi connectivity index (χ4v) is 6.33. The second-order valence-electron chi connectivity index (χ2n) is 11.5. The van der Waals surface area contributed by atoms with E-state index < -0.39 is 22.1 Å². The summed E-state index contributed by atoms with van der Waals surface area (Å²) in [6.07, 6.45) is 9.26. The molecule has 0 radical (unpaired) electrons. The molecule has 2 aromatic rings. The van der Waals surface area contributed by atoms with Crippen LogP contribution in [0.3, 0.4) is 0 Å². The molecule has 1 saturated carbocycles. The summed E-state index contributed by atoms with van der Waals surface area (Å²) in [5.74, 6) is 1.24. The third-order valence-corrected chi connectivity index (χ3v) is 9.26. The molecule has 2 aromatic carbocycles. The maximum atomic E-state index is 12.9. The third-order valence-electron chi connectivity index (χ3n) is 7.17. The number of carbonyl (C=O) groups is 2. The molecule has 0 bridgehead atoms. The van der Waals surface area contributed by atoms with Crippen molar-refractivity contribution in [3.05, 3.63) is 54.1 Å². The molecule has 3 amide bonds. The summed E-state index contributed by atoms with van der Waals surface area (Å²) < 4.78 is 28.3. The Labute approximate surface area is 243 Å². The van der Waals surface area contributed by atoms with Crippen LogP contribution in [0.4, 0.5) is 16.2 Å². The third kappa shape index (κ3) is 10.0. The largest absolute Gasteiger partial charge is 0.354 e. The first-order chi connectivity index (χ1) is 19.0. The van der Waals surface area contributed by atoms with Crippen molar-refractivity contribution in [1.82, 2.24) is 10.6 Å². The number of rotatable bonds is 12. The van der Waals surface area contributed by atoms with Crippen LogP contribution in [-0.2, 0) is 20.2 Å². The fourth-order valence-electron chi connectivity index (χ4n) is 4.83. The zero-order valence-corrected chi connectivity index (χ0v) is 25.7. The molecule has 3 rings (SSSR count). The lowest BCUT2D eigenvalue weighted by Crippen LogP contribution is -2.49. The Morgan fingerprint density at radius 3 is 2.17 bits per heavy atom. The molecule has 1 fully saturated rings. The Hall–Kier alpha value is -2.72. The molecule has 0 unspecified atom stereocenters. The molecule has 1 aliphatic rings. The van der Waals surface area contributed by atoms with Crippen LogP contribution in [0.5, 0.6) is 0 Å². The molecule has 1 atom stereocenters. The average molecular weight is 589 g/mol. The SMILES string of the molecule is CSCCCNC(=O)[C@@H](CC1CCCCC1)NC(=O)Nc1ccc(NS(=O)(=O)c2ccc(C(C)(C)C)cc2)cc1. The zero-order valence-electron chi connectivity index (χ0n) is 24.1. The molecule has 0 aromatic heterocycles.